The summed E-state index contributed by atoms with van der Waals surface area (Å²) in [5, 5.41) is 3.32. The molecule has 1 aromatic carbocycles. The standard InChI is InChI=1S/C16H18FN3O2S.ClH/c1-9-14(10-2-4-11(17)5-3-10)19-16(23-9)20-15(21)13-7-6-12(8-18)22-13;/h2-5,12-13H,6-8,18H2,1H3,(H,19,20,21);1H/t12-,13+;/m1./s1. The lowest BCUT2D eigenvalue weighted by atomic mass is 10.1. The number of carbonyl (C=O) groups excluding carboxylic acids is 1. The topological polar surface area (TPSA) is 77.2 Å². The largest absolute Gasteiger partial charge is 0.364 e. The Morgan fingerprint density at radius 3 is 2.75 bits per heavy atom. The Labute approximate surface area is 149 Å². The second-order valence-corrected chi connectivity index (χ2v) is 6.68. The van der Waals surface area contributed by atoms with E-state index in [0.717, 1.165) is 22.6 Å². The number of nitrogens with one attached hydrogen (secondary N) is 1. The van der Waals surface area contributed by atoms with Crippen molar-refractivity contribution >= 4 is 34.8 Å². The zero-order chi connectivity index (χ0) is 16.4. The van der Waals surface area contributed by atoms with Gasteiger partial charge >= 0.3 is 0 Å². The van der Waals surface area contributed by atoms with Gasteiger partial charge in [-0.15, -0.1) is 23.7 Å². The van der Waals surface area contributed by atoms with Gasteiger partial charge in [-0.1, -0.05) is 0 Å². The maximum absolute atomic E-state index is 13.0. The molecule has 130 valence electrons. The minimum atomic E-state index is -0.470. The zero-order valence-corrected chi connectivity index (χ0v) is 14.8. The molecule has 0 unspecified atom stereocenters. The van der Waals surface area contributed by atoms with E-state index in [-0.39, 0.29) is 30.2 Å². The highest BCUT2D eigenvalue weighted by Gasteiger charge is 2.30. The number of anilines is 1. The maximum atomic E-state index is 13.0. The molecular weight excluding hydrogens is 353 g/mol. The number of ether oxygens (including phenoxy) is 1. The van der Waals surface area contributed by atoms with Crippen LogP contribution in [-0.2, 0) is 9.53 Å². The fourth-order valence-corrected chi connectivity index (χ4v) is 3.42. The molecule has 5 nitrogen and oxygen atoms in total. The van der Waals surface area contributed by atoms with E-state index in [1.54, 1.807) is 12.1 Å². The lowest BCUT2D eigenvalue weighted by molar-refractivity contribution is -0.126. The van der Waals surface area contributed by atoms with E-state index in [2.05, 4.69) is 10.3 Å². The molecule has 8 heteroatoms. The number of rotatable bonds is 4. The van der Waals surface area contributed by atoms with Crippen LogP contribution in [0.4, 0.5) is 9.52 Å². The quantitative estimate of drug-likeness (QED) is 0.865. The van der Waals surface area contributed by atoms with Gasteiger partial charge < -0.3 is 10.5 Å². The third kappa shape index (κ3) is 4.10. The van der Waals surface area contributed by atoms with Crippen molar-refractivity contribution in [3.63, 3.8) is 0 Å². The summed E-state index contributed by atoms with van der Waals surface area (Å²) in [6.07, 6.45) is 0.954. The van der Waals surface area contributed by atoms with Crippen LogP contribution in [0.1, 0.15) is 17.7 Å². The van der Waals surface area contributed by atoms with Crippen molar-refractivity contribution < 1.29 is 13.9 Å². The molecule has 1 aliphatic rings. The van der Waals surface area contributed by atoms with Gasteiger partial charge in [0.15, 0.2) is 5.13 Å². The minimum Gasteiger partial charge on any atom is -0.364 e. The molecule has 1 aromatic heterocycles. The molecule has 2 atom stereocenters. The zero-order valence-electron chi connectivity index (χ0n) is 13.1. The molecule has 2 heterocycles. The highest BCUT2D eigenvalue weighted by Crippen LogP contribution is 2.31. The van der Waals surface area contributed by atoms with Crippen LogP contribution in [0.2, 0.25) is 0 Å². The first-order valence-corrected chi connectivity index (χ1v) is 8.28. The first-order valence-electron chi connectivity index (χ1n) is 7.46. The average Bonchev–Trinajstić information content (AvgIpc) is 3.15. The molecule has 0 saturated carbocycles. The molecule has 0 bridgehead atoms. The van der Waals surface area contributed by atoms with E-state index in [1.165, 1.54) is 23.5 Å². The molecule has 3 N–H and O–H groups in total. The second kappa shape index (κ2) is 8.02. The summed E-state index contributed by atoms with van der Waals surface area (Å²) in [5.74, 6) is -0.483. The number of nitrogens with two attached hydrogens (primary N) is 1. The number of aryl methyl sites for hydroxylation is 1. The van der Waals surface area contributed by atoms with Crippen LogP contribution in [0.3, 0.4) is 0 Å². The smallest absolute Gasteiger partial charge is 0.255 e. The van der Waals surface area contributed by atoms with Crippen molar-refractivity contribution in [1.29, 1.82) is 0 Å². The Balaban J connectivity index is 0.00000208. The Hall–Kier alpha value is -1.54. The molecule has 1 fully saturated rings. The number of hydrogen-bond donors (Lipinski definition) is 2. The Kier molecular flexibility index (Phi) is 6.28. The fraction of sp³-hybridized carbons (Fsp3) is 0.375. The predicted molar refractivity (Wildman–Crippen MR) is 95.1 cm³/mol. The van der Waals surface area contributed by atoms with Crippen LogP contribution in [-0.4, -0.2) is 29.6 Å². The Morgan fingerprint density at radius 2 is 2.12 bits per heavy atom. The molecule has 2 aromatic rings. The number of carbonyl (C=O) groups is 1. The van der Waals surface area contributed by atoms with Crippen LogP contribution in [0.25, 0.3) is 11.3 Å². The van der Waals surface area contributed by atoms with Crippen molar-refractivity contribution in [2.75, 3.05) is 11.9 Å². The van der Waals surface area contributed by atoms with E-state index >= 15 is 0 Å². The predicted octanol–water partition coefficient (Wildman–Crippen LogP) is 3.12. The fourth-order valence-electron chi connectivity index (χ4n) is 2.58. The first kappa shape index (κ1) is 18.8. The SMILES string of the molecule is Cc1sc(NC(=O)[C@@H]2CC[C@H](CN)O2)nc1-c1ccc(F)cc1.Cl. The van der Waals surface area contributed by atoms with Crippen LogP contribution >= 0.6 is 23.7 Å². The van der Waals surface area contributed by atoms with Crippen LogP contribution in [0.5, 0.6) is 0 Å². The summed E-state index contributed by atoms with van der Waals surface area (Å²) in [6.45, 7) is 2.34. The van der Waals surface area contributed by atoms with Gasteiger partial charge in [-0.3, -0.25) is 10.1 Å². The molecule has 3 rings (SSSR count). The van der Waals surface area contributed by atoms with Crippen molar-refractivity contribution in [2.45, 2.75) is 32.0 Å². The molecule has 1 amide bonds. The van der Waals surface area contributed by atoms with E-state index in [9.17, 15) is 9.18 Å². The number of halogens is 2. The molecule has 0 spiro atoms. The number of nitrogens with zero attached hydrogens (tertiary/aromatic N) is 1. The van der Waals surface area contributed by atoms with Crippen molar-refractivity contribution in [2.24, 2.45) is 5.73 Å². The Morgan fingerprint density at radius 1 is 1.42 bits per heavy atom. The summed E-state index contributed by atoms with van der Waals surface area (Å²) >= 11 is 1.39. The van der Waals surface area contributed by atoms with E-state index in [0.29, 0.717) is 18.1 Å². The lowest BCUT2D eigenvalue weighted by Crippen LogP contribution is -2.29. The van der Waals surface area contributed by atoms with Crippen LogP contribution in [0.15, 0.2) is 24.3 Å². The molecule has 0 radical (unpaired) electrons. The molecular formula is C16H19ClFN3O2S. The molecule has 1 aliphatic heterocycles. The monoisotopic (exact) mass is 371 g/mol. The number of hydrogen-bond acceptors (Lipinski definition) is 5. The number of thiazole rings is 1. The van der Waals surface area contributed by atoms with Crippen molar-refractivity contribution in [3.05, 3.63) is 35.0 Å². The van der Waals surface area contributed by atoms with Gasteiger partial charge in [-0.05, 0) is 44.0 Å². The number of amides is 1. The summed E-state index contributed by atoms with van der Waals surface area (Å²) in [4.78, 5) is 17.6. The summed E-state index contributed by atoms with van der Waals surface area (Å²) < 4.78 is 18.6. The Bertz CT molecular complexity index is 708. The first-order chi connectivity index (χ1) is 11.1. The normalized spacial score (nSPS) is 19.8. The summed E-state index contributed by atoms with van der Waals surface area (Å²) in [5.41, 5.74) is 7.12. The molecule has 1 saturated heterocycles. The lowest BCUT2D eigenvalue weighted by Gasteiger charge is -2.11. The van der Waals surface area contributed by atoms with Gasteiger partial charge in [0.2, 0.25) is 0 Å². The maximum Gasteiger partial charge on any atom is 0.255 e. The van der Waals surface area contributed by atoms with Gasteiger partial charge in [0.1, 0.15) is 11.9 Å². The van der Waals surface area contributed by atoms with Crippen LogP contribution in [0, 0.1) is 12.7 Å². The van der Waals surface area contributed by atoms with Crippen molar-refractivity contribution in [3.8, 4) is 11.3 Å². The van der Waals surface area contributed by atoms with E-state index < -0.39 is 6.10 Å². The van der Waals surface area contributed by atoms with Gasteiger partial charge in [-0.2, -0.15) is 0 Å². The van der Waals surface area contributed by atoms with E-state index in [1.807, 2.05) is 6.92 Å². The summed E-state index contributed by atoms with van der Waals surface area (Å²) in [6, 6.07) is 6.14. The van der Waals surface area contributed by atoms with Gasteiger partial charge in [0.25, 0.3) is 5.91 Å². The van der Waals surface area contributed by atoms with Gasteiger partial charge in [0, 0.05) is 17.0 Å². The second-order valence-electron chi connectivity index (χ2n) is 5.48. The highest BCUT2D eigenvalue weighted by atomic mass is 35.5. The van der Waals surface area contributed by atoms with Crippen LogP contribution < -0.4 is 11.1 Å². The number of benzene rings is 1. The minimum absolute atomic E-state index is 0. The summed E-state index contributed by atoms with van der Waals surface area (Å²) in [7, 11) is 0. The number of aromatic nitrogens is 1. The third-order valence-corrected chi connectivity index (χ3v) is 4.69. The molecule has 24 heavy (non-hydrogen) atoms. The van der Waals surface area contributed by atoms with Crippen molar-refractivity contribution in [1.82, 2.24) is 4.98 Å². The highest BCUT2D eigenvalue weighted by molar-refractivity contribution is 7.16. The third-order valence-electron chi connectivity index (χ3n) is 3.81. The van der Waals surface area contributed by atoms with Gasteiger partial charge in [0.05, 0.1) is 11.8 Å². The average molecular weight is 372 g/mol. The molecule has 0 aliphatic carbocycles. The van der Waals surface area contributed by atoms with Gasteiger partial charge in [-0.25, -0.2) is 9.37 Å². The van der Waals surface area contributed by atoms with E-state index in [4.69, 9.17) is 10.5 Å².